The number of thiocarbonyl (C=S) groups is 1. The number of likely N-dealkylation sites (tertiary alicyclic amines) is 1. The number of ether oxygens (including phenoxy) is 2. The van der Waals surface area contributed by atoms with Crippen LogP contribution in [-0.2, 0) is 14.3 Å². The molecule has 1 aliphatic heterocycles. The minimum absolute atomic E-state index is 0.0300. The van der Waals surface area contributed by atoms with Crippen LogP contribution >= 0.6 is 24.0 Å². The smallest absolute Gasteiger partial charge is 0.387 e. The number of nitrogens with one attached hydrogen (secondary N) is 1. The maximum absolute atomic E-state index is 12.1. The third kappa shape index (κ3) is 8.23. The fourth-order valence-electron chi connectivity index (χ4n) is 2.61. The Bertz CT molecular complexity index is 769. The Morgan fingerprint density at radius 2 is 1.87 bits per heavy atom. The summed E-state index contributed by atoms with van der Waals surface area (Å²) in [5.74, 6) is -1.66. The van der Waals surface area contributed by atoms with Crippen LogP contribution in [0.3, 0.4) is 0 Å². The largest absolute Gasteiger partial charge is 0.455 e. The molecule has 0 bridgehead atoms. The summed E-state index contributed by atoms with van der Waals surface area (Å²) < 4.78 is 33.9. The van der Waals surface area contributed by atoms with Crippen molar-refractivity contribution in [2.75, 3.05) is 25.4 Å². The second-order valence-corrected chi connectivity index (χ2v) is 8.27. The van der Waals surface area contributed by atoms with Gasteiger partial charge in [-0.25, -0.2) is 0 Å². The number of thioether (sulfide) groups is 1. The molecule has 0 spiro atoms. The minimum atomic E-state index is -2.97. The molecule has 0 aliphatic carbocycles. The highest BCUT2D eigenvalue weighted by Crippen LogP contribution is 2.20. The third-order valence-electron chi connectivity index (χ3n) is 4.31. The molecule has 1 aromatic carbocycles. The van der Waals surface area contributed by atoms with Crippen molar-refractivity contribution in [2.24, 2.45) is 5.92 Å². The molecule has 1 N–H and O–H groups in total. The molecule has 1 saturated heterocycles. The fraction of sp³-hybridized carbons (Fsp3) is 0.474. The van der Waals surface area contributed by atoms with E-state index >= 15 is 0 Å². The molecule has 0 unspecified atom stereocenters. The number of halogens is 2. The van der Waals surface area contributed by atoms with E-state index in [9.17, 15) is 23.2 Å². The highest BCUT2D eigenvalue weighted by molar-refractivity contribution is 8.23. The molecular weight excluding hydrogens is 438 g/mol. The first-order valence-corrected chi connectivity index (χ1v) is 10.6. The summed E-state index contributed by atoms with van der Waals surface area (Å²) in [6.45, 7) is 0.324. The maximum atomic E-state index is 12.1. The van der Waals surface area contributed by atoms with Crippen molar-refractivity contribution in [2.45, 2.75) is 26.4 Å². The van der Waals surface area contributed by atoms with Gasteiger partial charge >= 0.3 is 12.6 Å². The van der Waals surface area contributed by atoms with Crippen LogP contribution in [0.25, 0.3) is 0 Å². The Balaban J connectivity index is 1.67. The SMILES string of the molecule is CC1CCN(C(=S)SCC(=O)OCC(=O)NC(=O)c2ccc(OC(F)F)cc2)CC1. The van der Waals surface area contributed by atoms with E-state index in [1.807, 2.05) is 5.32 Å². The van der Waals surface area contributed by atoms with Gasteiger partial charge in [-0.05, 0) is 43.0 Å². The second-order valence-electron chi connectivity index (χ2n) is 6.67. The summed E-state index contributed by atoms with van der Waals surface area (Å²) in [5.41, 5.74) is 0.0630. The second kappa shape index (κ2) is 11.8. The van der Waals surface area contributed by atoms with Crippen molar-refractivity contribution < 1.29 is 32.6 Å². The molecule has 1 heterocycles. The highest BCUT2D eigenvalue weighted by atomic mass is 32.2. The first-order valence-electron chi connectivity index (χ1n) is 9.21. The average Bonchev–Trinajstić information content (AvgIpc) is 2.71. The summed E-state index contributed by atoms with van der Waals surface area (Å²) >= 11 is 6.50. The Morgan fingerprint density at radius 1 is 1.23 bits per heavy atom. The van der Waals surface area contributed by atoms with E-state index in [-0.39, 0.29) is 17.1 Å². The number of alkyl halides is 2. The lowest BCUT2D eigenvalue weighted by molar-refractivity contribution is -0.145. The molecule has 0 aromatic heterocycles. The number of piperidine rings is 1. The molecule has 0 saturated carbocycles. The number of imide groups is 1. The Labute approximate surface area is 182 Å². The van der Waals surface area contributed by atoms with E-state index in [0.29, 0.717) is 10.2 Å². The van der Waals surface area contributed by atoms with E-state index < -0.39 is 31.0 Å². The van der Waals surface area contributed by atoms with Crippen molar-refractivity contribution in [1.29, 1.82) is 0 Å². The van der Waals surface area contributed by atoms with Crippen LogP contribution < -0.4 is 10.1 Å². The van der Waals surface area contributed by atoms with Crippen molar-refractivity contribution >= 4 is 46.1 Å². The van der Waals surface area contributed by atoms with E-state index in [2.05, 4.69) is 16.6 Å². The monoisotopic (exact) mass is 460 g/mol. The minimum Gasteiger partial charge on any atom is -0.455 e. The predicted molar refractivity (Wildman–Crippen MR) is 112 cm³/mol. The van der Waals surface area contributed by atoms with Gasteiger partial charge in [-0.15, -0.1) is 0 Å². The van der Waals surface area contributed by atoms with Crippen LogP contribution in [-0.4, -0.2) is 59.1 Å². The van der Waals surface area contributed by atoms with Gasteiger partial charge in [0.15, 0.2) is 6.61 Å². The molecule has 2 amide bonds. The summed E-state index contributed by atoms with van der Waals surface area (Å²) in [5, 5.41) is 2.05. The molecule has 1 fully saturated rings. The zero-order valence-corrected chi connectivity index (χ0v) is 17.9. The number of amides is 2. The number of hydrogen-bond acceptors (Lipinski definition) is 7. The molecule has 1 aromatic rings. The predicted octanol–water partition coefficient (Wildman–Crippen LogP) is 2.84. The topological polar surface area (TPSA) is 84.9 Å². The standard InChI is InChI=1S/C19H22F2N2O5S2/c1-12-6-8-23(9-7-12)19(29)30-11-16(25)27-10-15(24)22-17(26)13-2-4-14(5-3-13)28-18(20)21/h2-5,12,18H,6-11H2,1H3,(H,22,24,26). The first-order chi connectivity index (χ1) is 14.2. The number of rotatable bonds is 7. The lowest BCUT2D eigenvalue weighted by Gasteiger charge is -2.31. The van der Waals surface area contributed by atoms with Crippen LogP contribution in [0.15, 0.2) is 24.3 Å². The first kappa shape index (κ1) is 24.0. The van der Waals surface area contributed by atoms with E-state index in [1.54, 1.807) is 0 Å². The van der Waals surface area contributed by atoms with Gasteiger partial charge in [0.05, 0.1) is 5.75 Å². The number of nitrogens with zero attached hydrogens (tertiary/aromatic N) is 1. The summed E-state index contributed by atoms with van der Waals surface area (Å²) in [4.78, 5) is 37.6. The quantitative estimate of drug-likeness (QED) is 0.491. The molecule has 1 aliphatic rings. The number of carbonyl (C=O) groups excluding carboxylic acids is 3. The van der Waals surface area contributed by atoms with Crippen LogP contribution in [0.1, 0.15) is 30.1 Å². The Hall–Kier alpha value is -2.27. The average molecular weight is 461 g/mol. The number of benzene rings is 1. The number of esters is 1. The van der Waals surface area contributed by atoms with Crippen molar-refractivity contribution in [3.05, 3.63) is 29.8 Å². The van der Waals surface area contributed by atoms with Crippen LogP contribution in [0.2, 0.25) is 0 Å². The lowest BCUT2D eigenvalue weighted by Crippen LogP contribution is -2.36. The van der Waals surface area contributed by atoms with Gasteiger partial charge in [0.2, 0.25) is 0 Å². The third-order valence-corrected chi connectivity index (χ3v) is 5.81. The van der Waals surface area contributed by atoms with Gasteiger partial charge in [-0.2, -0.15) is 8.78 Å². The van der Waals surface area contributed by atoms with E-state index in [0.717, 1.165) is 25.9 Å². The van der Waals surface area contributed by atoms with Crippen LogP contribution in [0.5, 0.6) is 5.75 Å². The van der Waals surface area contributed by atoms with Gasteiger partial charge in [-0.1, -0.05) is 30.9 Å². The van der Waals surface area contributed by atoms with E-state index in [4.69, 9.17) is 17.0 Å². The van der Waals surface area contributed by atoms with Gasteiger partial charge in [0.25, 0.3) is 11.8 Å². The molecular formula is C19H22F2N2O5S2. The fourth-order valence-corrected chi connectivity index (χ4v) is 3.66. The van der Waals surface area contributed by atoms with Crippen molar-refractivity contribution in [3.8, 4) is 5.75 Å². The molecule has 0 atom stereocenters. The van der Waals surface area contributed by atoms with Crippen LogP contribution in [0.4, 0.5) is 8.78 Å². The Kier molecular flexibility index (Phi) is 9.44. The zero-order chi connectivity index (χ0) is 22.1. The normalized spacial score (nSPS) is 14.3. The molecule has 2 rings (SSSR count). The van der Waals surface area contributed by atoms with Crippen molar-refractivity contribution in [3.63, 3.8) is 0 Å². The van der Waals surface area contributed by atoms with Crippen LogP contribution in [0, 0.1) is 5.92 Å². The molecule has 30 heavy (non-hydrogen) atoms. The van der Waals surface area contributed by atoms with Gasteiger partial charge in [-0.3, -0.25) is 19.7 Å². The van der Waals surface area contributed by atoms with Crippen molar-refractivity contribution in [1.82, 2.24) is 10.2 Å². The summed E-state index contributed by atoms with van der Waals surface area (Å²) in [7, 11) is 0. The molecule has 11 heteroatoms. The number of hydrogen-bond donors (Lipinski definition) is 1. The van der Waals surface area contributed by atoms with Gasteiger partial charge < -0.3 is 14.4 Å². The summed E-state index contributed by atoms with van der Waals surface area (Å²) in [6.07, 6.45) is 2.11. The summed E-state index contributed by atoms with van der Waals surface area (Å²) in [6, 6.07) is 4.81. The lowest BCUT2D eigenvalue weighted by atomic mass is 10.00. The maximum Gasteiger partial charge on any atom is 0.387 e. The number of carbonyl (C=O) groups is 3. The molecule has 164 valence electrons. The van der Waals surface area contributed by atoms with E-state index in [1.165, 1.54) is 36.0 Å². The van der Waals surface area contributed by atoms with Gasteiger partial charge in [0, 0.05) is 18.7 Å². The highest BCUT2D eigenvalue weighted by Gasteiger charge is 2.19. The molecule has 0 radical (unpaired) electrons. The Morgan fingerprint density at radius 3 is 2.47 bits per heavy atom. The zero-order valence-electron chi connectivity index (χ0n) is 16.3. The van der Waals surface area contributed by atoms with Gasteiger partial charge in [0.1, 0.15) is 10.1 Å². The molecule has 7 nitrogen and oxygen atoms in total.